The molecule has 0 unspecified atom stereocenters. The van der Waals surface area contributed by atoms with Crippen LogP contribution in [-0.4, -0.2) is 31.9 Å². The normalized spacial score (nSPS) is 12.1. The maximum atomic E-state index is 11.9. The summed E-state index contributed by atoms with van der Waals surface area (Å²) in [6, 6.07) is 10.2. The first-order chi connectivity index (χ1) is 12.6. The molecule has 1 aliphatic rings. The molecule has 0 atom stereocenters. The Balaban J connectivity index is 1.61. The number of hydrazone groups is 1. The highest BCUT2D eigenvalue weighted by Crippen LogP contribution is 2.36. The zero-order valence-corrected chi connectivity index (χ0v) is 15.2. The average molecular weight is 420 g/mol. The second kappa shape index (κ2) is 7.87. The molecule has 1 aliphatic heterocycles. The van der Waals surface area contributed by atoms with Crippen LogP contribution in [0.25, 0.3) is 0 Å². The van der Waals surface area contributed by atoms with Gasteiger partial charge in [0.15, 0.2) is 11.5 Å². The summed E-state index contributed by atoms with van der Waals surface area (Å²) in [6.45, 7) is 0.155. The van der Waals surface area contributed by atoms with Crippen LogP contribution in [0, 0.1) is 0 Å². The predicted molar refractivity (Wildman–Crippen MR) is 97.6 cm³/mol. The van der Waals surface area contributed by atoms with E-state index < -0.39 is 11.8 Å². The number of nitrogens with one attached hydrogen (secondary N) is 2. The predicted octanol–water partition coefficient (Wildman–Crippen LogP) is 2.28. The third kappa shape index (κ3) is 3.94. The third-order valence-electron chi connectivity index (χ3n) is 3.42. The zero-order valence-electron chi connectivity index (χ0n) is 13.6. The lowest BCUT2D eigenvalue weighted by Gasteiger charge is -2.08. The molecule has 0 aromatic heterocycles. The Hall–Kier alpha value is -3.07. The number of amides is 2. The Labute approximate surface area is 157 Å². The molecule has 0 saturated carbocycles. The van der Waals surface area contributed by atoms with Gasteiger partial charge < -0.3 is 19.5 Å². The van der Waals surface area contributed by atoms with Crippen LogP contribution >= 0.6 is 15.9 Å². The topological polar surface area (TPSA) is 98.2 Å². The Kier molecular flexibility index (Phi) is 5.37. The van der Waals surface area contributed by atoms with E-state index in [1.165, 1.54) is 13.3 Å². The van der Waals surface area contributed by atoms with Gasteiger partial charge in [-0.15, -0.1) is 0 Å². The van der Waals surface area contributed by atoms with Crippen molar-refractivity contribution in [2.45, 2.75) is 0 Å². The minimum Gasteiger partial charge on any atom is -0.495 e. The van der Waals surface area contributed by atoms with E-state index in [4.69, 9.17) is 14.2 Å². The zero-order chi connectivity index (χ0) is 18.5. The molecule has 0 bridgehead atoms. The Morgan fingerprint density at radius 3 is 2.69 bits per heavy atom. The Bertz CT molecular complexity index is 885. The number of benzene rings is 2. The van der Waals surface area contributed by atoms with Crippen LogP contribution in [0.2, 0.25) is 0 Å². The minimum absolute atomic E-state index is 0.155. The fourth-order valence-electron chi connectivity index (χ4n) is 2.17. The van der Waals surface area contributed by atoms with Crippen molar-refractivity contribution in [1.29, 1.82) is 0 Å². The highest BCUT2D eigenvalue weighted by atomic mass is 79.9. The second-order valence-electron chi connectivity index (χ2n) is 5.08. The van der Waals surface area contributed by atoms with E-state index >= 15 is 0 Å². The molecule has 9 heteroatoms. The molecular formula is C17H14BrN3O5. The maximum absolute atomic E-state index is 11.9. The van der Waals surface area contributed by atoms with Gasteiger partial charge in [0.2, 0.25) is 6.79 Å². The Morgan fingerprint density at radius 1 is 1.19 bits per heavy atom. The van der Waals surface area contributed by atoms with Crippen molar-refractivity contribution in [1.82, 2.24) is 5.43 Å². The summed E-state index contributed by atoms with van der Waals surface area (Å²) in [7, 11) is 1.47. The van der Waals surface area contributed by atoms with Gasteiger partial charge in [0.1, 0.15) is 5.75 Å². The summed E-state index contributed by atoms with van der Waals surface area (Å²) in [6.07, 6.45) is 1.39. The fraction of sp³-hybridized carbons (Fsp3) is 0.118. The van der Waals surface area contributed by atoms with Gasteiger partial charge in [-0.25, -0.2) is 5.43 Å². The van der Waals surface area contributed by atoms with Gasteiger partial charge >= 0.3 is 11.8 Å². The van der Waals surface area contributed by atoms with Gasteiger partial charge in [-0.2, -0.15) is 5.10 Å². The van der Waals surface area contributed by atoms with Gasteiger partial charge in [0.25, 0.3) is 0 Å². The van der Waals surface area contributed by atoms with Crippen LogP contribution in [0.1, 0.15) is 5.56 Å². The molecule has 0 spiro atoms. The molecule has 2 aromatic rings. The summed E-state index contributed by atoms with van der Waals surface area (Å²) in [4.78, 5) is 23.8. The van der Waals surface area contributed by atoms with Crippen LogP contribution in [0.4, 0.5) is 5.69 Å². The third-order valence-corrected chi connectivity index (χ3v) is 4.11. The number of hydrogen-bond donors (Lipinski definition) is 2. The number of nitrogens with zero attached hydrogens (tertiary/aromatic N) is 1. The van der Waals surface area contributed by atoms with E-state index in [0.717, 1.165) is 0 Å². The molecule has 134 valence electrons. The standard InChI is InChI=1S/C17H14BrN3O5/c1-24-13-5-3-2-4-12(13)20-16(22)17(23)21-19-8-10-6-14-15(7-11(10)18)26-9-25-14/h2-8H,9H2,1H3,(H,20,22)(H,21,23)/b19-8-. The monoisotopic (exact) mass is 419 g/mol. The Morgan fingerprint density at radius 2 is 1.92 bits per heavy atom. The first kappa shape index (κ1) is 17.7. The maximum Gasteiger partial charge on any atom is 0.329 e. The first-order valence-corrected chi connectivity index (χ1v) is 8.24. The number of halogens is 1. The van der Waals surface area contributed by atoms with E-state index in [9.17, 15) is 9.59 Å². The second-order valence-corrected chi connectivity index (χ2v) is 5.93. The van der Waals surface area contributed by atoms with Crippen LogP contribution in [-0.2, 0) is 9.59 Å². The largest absolute Gasteiger partial charge is 0.495 e. The summed E-state index contributed by atoms with van der Waals surface area (Å²) in [5, 5.41) is 6.25. The molecule has 2 amide bonds. The number of anilines is 1. The number of carbonyl (C=O) groups excluding carboxylic acids is 2. The number of hydrogen-bond acceptors (Lipinski definition) is 6. The summed E-state index contributed by atoms with van der Waals surface area (Å²) >= 11 is 3.37. The highest BCUT2D eigenvalue weighted by molar-refractivity contribution is 9.10. The number of methoxy groups -OCH3 is 1. The van der Waals surface area contributed by atoms with Crippen molar-refractivity contribution in [2.75, 3.05) is 19.2 Å². The van der Waals surface area contributed by atoms with Gasteiger partial charge in [-0.1, -0.05) is 12.1 Å². The average Bonchev–Trinajstić information content (AvgIpc) is 3.09. The number of ether oxygens (including phenoxy) is 3. The lowest BCUT2D eigenvalue weighted by atomic mass is 10.2. The SMILES string of the molecule is COc1ccccc1NC(=O)C(=O)N/N=C\c1cc2c(cc1Br)OCO2. The molecule has 0 saturated heterocycles. The van der Waals surface area contributed by atoms with Gasteiger partial charge in [0, 0.05) is 10.0 Å². The number of fused-ring (bicyclic) bond motifs is 1. The van der Waals surface area contributed by atoms with Crippen molar-refractivity contribution in [3.05, 3.63) is 46.4 Å². The van der Waals surface area contributed by atoms with Crippen molar-refractivity contribution < 1.29 is 23.8 Å². The van der Waals surface area contributed by atoms with Crippen LogP contribution in [0.15, 0.2) is 46.0 Å². The molecule has 2 N–H and O–H groups in total. The molecule has 0 aliphatic carbocycles. The summed E-state index contributed by atoms with van der Waals surface area (Å²) in [5.41, 5.74) is 3.21. The van der Waals surface area contributed by atoms with Crippen molar-refractivity contribution in [3.8, 4) is 17.2 Å². The van der Waals surface area contributed by atoms with Gasteiger partial charge in [0.05, 0.1) is 19.0 Å². The van der Waals surface area contributed by atoms with E-state index in [0.29, 0.717) is 33.0 Å². The minimum atomic E-state index is -0.913. The highest BCUT2D eigenvalue weighted by Gasteiger charge is 2.17. The summed E-state index contributed by atoms with van der Waals surface area (Å²) in [5.74, 6) is -0.133. The van der Waals surface area contributed by atoms with Crippen LogP contribution in [0.5, 0.6) is 17.2 Å². The molecule has 1 heterocycles. The van der Waals surface area contributed by atoms with Crippen molar-refractivity contribution in [2.24, 2.45) is 5.10 Å². The lowest BCUT2D eigenvalue weighted by Crippen LogP contribution is -2.32. The van der Waals surface area contributed by atoms with E-state index in [1.54, 1.807) is 36.4 Å². The van der Waals surface area contributed by atoms with Crippen LogP contribution < -0.4 is 25.0 Å². The first-order valence-electron chi connectivity index (χ1n) is 7.45. The quantitative estimate of drug-likeness (QED) is 0.449. The molecular weight excluding hydrogens is 406 g/mol. The number of para-hydroxylation sites is 2. The summed E-state index contributed by atoms with van der Waals surface area (Å²) < 4.78 is 16.4. The molecule has 26 heavy (non-hydrogen) atoms. The number of rotatable bonds is 4. The van der Waals surface area contributed by atoms with E-state index in [-0.39, 0.29) is 6.79 Å². The molecule has 3 rings (SSSR count). The smallest absolute Gasteiger partial charge is 0.329 e. The fourth-order valence-corrected chi connectivity index (χ4v) is 2.59. The lowest BCUT2D eigenvalue weighted by molar-refractivity contribution is -0.136. The number of carbonyl (C=O) groups is 2. The van der Waals surface area contributed by atoms with E-state index in [1.807, 2.05) is 0 Å². The van der Waals surface area contributed by atoms with Gasteiger partial charge in [-0.05, 0) is 40.2 Å². The van der Waals surface area contributed by atoms with Crippen LogP contribution in [0.3, 0.4) is 0 Å². The van der Waals surface area contributed by atoms with E-state index in [2.05, 4.69) is 31.8 Å². The van der Waals surface area contributed by atoms with Gasteiger partial charge in [-0.3, -0.25) is 9.59 Å². The van der Waals surface area contributed by atoms with Crippen molar-refractivity contribution in [3.63, 3.8) is 0 Å². The molecule has 8 nitrogen and oxygen atoms in total. The molecule has 0 fully saturated rings. The van der Waals surface area contributed by atoms with Crippen molar-refractivity contribution >= 4 is 39.6 Å². The molecule has 0 radical (unpaired) electrons. The molecule has 2 aromatic carbocycles.